The highest BCUT2D eigenvalue weighted by atomic mass is 19.4. The zero-order valence-electron chi connectivity index (χ0n) is 10.3. The summed E-state index contributed by atoms with van der Waals surface area (Å²) in [6.45, 7) is -0.240. The van der Waals surface area contributed by atoms with Gasteiger partial charge in [-0.2, -0.15) is 22.0 Å². The summed E-state index contributed by atoms with van der Waals surface area (Å²) < 4.78 is 63.1. The Labute approximate surface area is 112 Å². The first kappa shape index (κ1) is 14.7. The Kier molecular flexibility index (Phi) is 3.71. The van der Waals surface area contributed by atoms with E-state index in [0.717, 1.165) is 0 Å². The number of carbonyl (C=O) groups is 1. The highest BCUT2D eigenvalue weighted by Crippen LogP contribution is 2.40. The van der Waals surface area contributed by atoms with Crippen LogP contribution in [0.1, 0.15) is 18.4 Å². The van der Waals surface area contributed by atoms with Gasteiger partial charge in [0.15, 0.2) is 0 Å². The molecule has 1 amide bonds. The minimum atomic E-state index is -5.87. The first-order chi connectivity index (χ1) is 9.23. The Bertz CT molecular complexity index is 481. The summed E-state index contributed by atoms with van der Waals surface area (Å²) in [7, 11) is 0. The first-order valence-electron chi connectivity index (χ1n) is 6.03. The standard InChI is InChI=1S/C13H12F5NO/c14-12(15,13(16,17)18)11(20)19(10-6-7-10)8-9-4-2-1-3-5-9/h1-5,10H,6-8H2. The Morgan fingerprint density at radius 3 is 2.10 bits per heavy atom. The molecule has 0 heterocycles. The van der Waals surface area contributed by atoms with Crippen molar-refractivity contribution in [1.82, 2.24) is 4.90 Å². The fraction of sp³-hybridized carbons (Fsp3) is 0.462. The highest BCUT2D eigenvalue weighted by Gasteiger charge is 2.65. The molecule has 2 rings (SSSR count). The molecule has 0 bridgehead atoms. The first-order valence-corrected chi connectivity index (χ1v) is 6.03. The zero-order chi connectivity index (χ0) is 15.0. The third-order valence-corrected chi connectivity index (χ3v) is 3.07. The van der Waals surface area contributed by atoms with Crippen molar-refractivity contribution in [3.05, 3.63) is 35.9 Å². The van der Waals surface area contributed by atoms with Crippen molar-refractivity contribution in [3.63, 3.8) is 0 Å². The zero-order valence-corrected chi connectivity index (χ0v) is 10.3. The molecule has 0 spiro atoms. The number of benzene rings is 1. The highest BCUT2D eigenvalue weighted by molar-refractivity contribution is 5.85. The number of nitrogens with zero attached hydrogens (tertiary/aromatic N) is 1. The summed E-state index contributed by atoms with van der Waals surface area (Å²) in [4.78, 5) is 12.2. The number of halogens is 5. The molecule has 0 saturated heterocycles. The molecule has 0 aliphatic heterocycles. The second-order valence-electron chi connectivity index (χ2n) is 4.72. The molecule has 1 fully saturated rings. The summed E-state index contributed by atoms with van der Waals surface area (Å²) in [5, 5.41) is 0. The average molecular weight is 293 g/mol. The van der Waals surface area contributed by atoms with Crippen LogP contribution in [0.3, 0.4) is 0 Å². The second kappa shape index (κ2) is 5.03. The molecule has 20 heavy (non-hydrogen) atoms. The van der Waals surface area contributed by atoms with E-state index in [0.29, 0.717) is 23.3 Å². The van der Waals surface area contributed by atoms with Gasteiger partial charge in [-0.1, -0.05) is 30.3 Å². The lowest BCUT2D eigenvalue weighted by Crippen LogP contribution is -2.52. The molecule has 1 aromatic rings. The number of hydrogen-bond donors (Lipinski definition) is 0. The van der Waals surface area contributed by atoms with E-state index in [-0.39, 0.29) is 6.54 Å². The van der Waals surface area contributed by atoms with Crippen LogP contribution in [0, 0.1) is 0 Å². The quantitative estimate of drug-likeness (QED) is 0.779. The lowest BCUT2D eigenvalue weighted by Gasteiger charge is -2.28. The molecule has 0 aromatic heterocycles. The van der Waals surface area contributed by atoms with Gasteiger partial charge in [-0.05, 0) is 18.4 Å². The van der Waals surface area contributed by atoms with Crippen molar-refractivity contribution in [2.24, 2.45) is 0 Å². The SMILES string of the molecule is O=C(N(Cc1ccccc1)C1CC1)C(F)(F)C(F)(F)F. The van der Waals surface area contributed by atoms with Gasteiger partial charge in [-0.15, -0.1) is 0 Å². The Hall–Kier alpha value is -1.66. The lowest BCUT2D eigenvalue weighted by atomic mass is 10.2. The summed E-state index contributed by atoms with van der Waals surface area (Å²) in [6.07, 6.45) is -4.97. The van der Waals surface area contributed by atoms with E-state index >= 15 is 0 Å². The summed E-state index contributed by atoms with van der Waals surface area (Å²) in [6, 6.07) is 7.58. The average Bonchev–Trinajstić information content (AvgIpc) is 3.19. The number of rotatable bonds is 4. The van der Waals surface area contributed by atoms with Crippen LogP contribution in [-0.4, -0.2) is 28.9 Å². The van der Waals surface area contributed by atoms with Crippen LogP contribution >= 0.6 is 0 Å². The van der Waals surface area contributed by atoms with Crippen LogP contribution in [0.25, 0.3) is 0 Å². The Balaban J connectivity index is 2.19. The summed E-state index contributed by atoms with van der Waals surface area (Å²) in [5.41, 5.74) is 0.519. The third kappa shape index (κ3) is 2.91. The van der Waals surface area contributed by atoms with Gasteiger partial charge < -0.3 is 4.90 Å². The molecule has 0 unspecified atom stereocenters. The maximum atomic E-state index is 13.1. The Morgan fingerprint density at radius 1 is 1.10 bits per heavy atom. The Morgan fingerprint density at radius 2 is 1.65 bits per heavy atom. The largest absolute Gasteiger partial charge is 0.463 e. The minimum Gasteiger partial charge on any atom is -0.330 e. The number of alkyl halides is 5. The molecule has 0 N–H and O–H groups in total. The van der Waals surface area contributed by atoms with Gasteiger partial charge in [0.25, 0.3) is 0 Å². The molecule has 110 valence electrons. The molecule has 1 saturated carbocycles. The van der Waals surface area contributed by atoms with Crippen LogP contribution in [-0.2, 0) is 11.3 Å². The van der Waals surface area contributed by atoms with Gasteiger partial charge in [0.05, 0.1) is 0 Å². The van der Waals surface area contributed by atoms with E-state index in [4.69, 9.17) is 0 Å². The van der Waals surface area contributed by atoms with Crippen molar-refractivity contribution in [2.75, 3.05) is 0 Å². The molecule has 1 aromatic carbocycles. The van der Waals surface area contributed by atoms with E-state index in [9.17, 15) is 26.7 Å². The van der Waals surface area contributed by atoms with E-state index in [2.05, 4.69) is 0 Å². The van der Waals surface area contributed by atoms with E-state index in [1.165, 1.54) is 0 Å². The van der Waals surface area contributed by atoms with Crippen LogP contribution in [0.4, 0.5) is 22.0 Å². The topological polar surface area (TPSA) is 20.3 Å². The molecule has 1 aliphatic carbocycles. The fourth-order valence-corrected chi connectivity index (χ4v) is 1.83. The van der Waals surface area contributed by atoms with Crippen LogP contribution in [0.5, 0.6) is 0 Å². The predicted octanol–water partition coefficient (Wildman–Crippen LogP) is 3.38. The van der Waals surface area contributed by atoms with Crippen LogP contribution in [0.15, 0.2) is 30.3 Å². The lowest BCUT2D eigenvalue weighted by molar-refractivity contribution is -0.275. The van der Waals surface area contributed by atoms with Crippen LogP contribution < -0.4 is 0 Å². The molecule has 7 heteroatoms. The second-order valence-corrected chi connectivity index (χ2v) is 4.72. The normalized spacial score (nSPS) is 16.1. The molecule has 0 radical (unpaired) electrons. The molecule has 0 atom stereocenters. The summed E-state index contributed by atoms with van der Waals surface area (Å²) >= 11 is 0. The van der Waals surface area contributed by atoms with Gasteiger partial charge in [-0.3, -0.25) is 4.79 Å². The maximum absolute atomic E-state index is 13.1. The molecular weight excluding hydrogens is 281 g/mol. The van der Waals surface area contributed by atoms with Crippen molar-refractivity contribution in [3.8, 4) is 0 Å². The molecule has 1 aliphatic rings. The molecule has 2 nitrogen and oxygen atoms in total. The minimum absolute atomic E-state index is 0.240. The van der Waals surface area contributed by atoms with Crippen molar-refractivity contribution in [1.29, 1.82) is 0 Å². The van der Waals surface area contributed by atoms with E-state index in [1.807, 2.05) is 0 Å². The van der Waals surface area contributed by atoms with Gasteiger partial charge in [-0.25, -0.2) is 0 Å². The molecular formula is C13H12F5NO. The predicted molar refractivity (Wildman–Crippen MR) is 61.0 cm³/mol. The van der Waals surface area contributed by atoms with E-state index < -0.39 is 24.0 Å². The van der Waals surface area contributed by atoms with Crippen LogP contribution in [0.2, 0.25) is 0 Å². The van der Waals surface area contributed by atoms with Gasteiger partial charge in [0.1, 0.15) is 0 Å². The van der Waals surface area contributed by atoms with E-state index in [1.54, 1.807) is 30.3 Å². The van der Waals surface area contributed by atoms with Crippen molar-refractivity contribution in [2.45, 2.75) is 37.5 Å². The number of amides is 1. The number of carbonyl (C=O) groups excluding carboxylic acids is 1. The third-order valence-electron chi connectivity index (χ3n) is 3.07. The van der Waals surface area contributed by atoms with Crippen molar-refractivity contribution < 1.29 is 26.7 Å². The van der Waals surface area contributed by atoms with Gasteiger partial charge in [0.2, 0.25) is 0 Å². The fourth-order valence-electron chi connectivity index (χ4n) is 1.83. The summed E-state index contributed by atoms with van der Waals surface area (Å²) in [5.74, 6) is -7.51. The smallest absolute Gasteiger partial charge is 0.330 e. The maximum Gasteiger partial charge on any atom is 0.463 e. The van der Waals surface area contributed by atoms with Gasteiger partial charge in [0, 0.05) is 12.6 Å². The number of hydrogen-bond acceptors (Lipinski definition) is 1. The monoisotopic (exact) mass is 293 g/mol. The van der Waals surface area contributed by atoms with Crippen molar-refractivity contribution >= 4 is 5.91 Å². The van der Waals surface area contributed by atoms with Gasteiger partial charge >= 0.3 is 18.0 Å².